The highest BCUT2D eigenvalue weighted by Gasteiger charge is 2.20. The summed E-state index contributed by atoms with van der Waals surface area (Å²) in [6, 6.07) is 0.704. The SMILES string of the molecule is Cc1c(O)n(-c2c(F)cc(F)cc2F)c(=O)[nH]c1=O. The van der Waals surface area contributed by atoms with E-state index in [-0.39, 0.29) is 10.1 Å². The molecule has 2 aromatic rings. The zero-order valence-electron chi connectivity index (χ0n) is 9.50. The lowest BCUT2D eigenvalue weighted by molar-refractivity contribution is 0.417. The van der Waals surface area contributed by atoms with Gasteiger partial charge >= 0.3 is 5.69 Å². The van der Waals surface area contributed by atoms with Crippen LogP contribution in [-0.4, -0.2) is 14.7 Å². The minimum atomic E-state index is -1.39. The monoisotopic (exact) mass is 272 g/mol. The predicted molar refractivity (Wildman–Crippen MR) is 58.9 cm³/mol. The number of H-pyrrole nitrogens is 1. The fourth-order valence-electron chi connectivity index (χ4n) is 1.57. The number of halogens is 3. The van der Waals surface area contributed by atoms with Crippen LogP contribution in [-0.2, 0) is 0 Å². The van der Waals surface area contributed by atoms with E-state index in [1.54, 1.807) is 4.98 Å². The summed E-state index contributed by atoms with van der Waals surface area (Å²) < 4.78 is 40.1. The molecule has 100 valence electrons. The van der Waals surface area contributed by atoms with Crippen molar-refractivity contribution in [1.29, 1.82) is 0 Å². The highest BCUT2D eigenvalue weighted by Crippen LogP contribution is 2.22. The molecule has 8 heteroatoms. The Hall–Kier alpha value is -2.51. The van der Waals surface area contributed by atoms with Crippen molar-refractivity contribution < 1.29 is 18.3 Å². The maximum atomic E-state index is 13.5. The fraction of sp³-hybridized carbons (Fsp3) is 0.0909. The van der Waals surface area contributed by atoms with Gasteiger partial charge < -0.3 is 5.11 Å². The Morgan fingerprint density at radius 3 is 2.21 bits per heavy atom. The lowest BCUT2D eigenvalue weighted by Gasteiger charge is -2.11. The molecule has 0 saturated heterocycles. The average molecular weight is 272 g/mol. The van der Waals surface area contributed by atoms with Gasteiger partial charge in [0.15, 0.2) is 11.6 Å². The van der Waals surface area contributed by atoms with E-state index in [0.717, 1.165) is 6.92 Å². The second-order valence-corrected chi connectivity index (χ2v) is 3.76. The second-order valence-electron chi connectivity index (χ2n) is 3.76. The van der Waals surface area contributed by atoms with Crippen LogP contribution in [0.1, 0.15) is 5.56 Å². The minimum absolute atomic E-state index is 0.223. The second kappa shape index (κ2) is 4.30. The Morgan fingerprint density at radius 2 is 1.68 bits per heavy atom. The molecule has 5 nitrogen and oxygen atoms in total. The van der Waals surface area contributed by atoms with E-state index in [0.29, 0.717) is 12.1 Å². The molecule has 1 aromatic carbocycles. The number of benzene rings is 1. The van der Waals surface area contributed by atoms with Crippen LogP contribution in [0.25, 0.3) is 5.69 Å². The molecular formula is C11H7F3N2O3. The number of hydrogen-bond donors (Lipinski definition) is 2. The molecule has 19 heavy (non-hydrogen) atoms. The van der Waals surface area contributed by atoms with Crippen molar-refractivity contribution in [2.45, 2.75) is 6.92 Å². The van der Waals surface area contributed by atoms with E-state index >= 15 is 0 Å². The smallest absolute Gasteiger partial charge is 0.335 e. The van der Waals surface area contributed by atoms with Crippen molar-refractivity contribution in [2.24, 2.45) is 0 Å². The molecule has 0 saturated carbocycles. The van der Waals surface area contributed by atoms with E-state index in [4.69, 9.17) is 0 Å². The summed E-state index contributed by atoms with van der Waals surface area (Å²) in [4.78, 5) is 24.5. The summed E-state index contributed by atoms with van der Waals surface area (Å²) in [6.07, 6.45) is 0. The summed E-state index contributed by atoms with van der Waals surface area (Å²) in [6.45, 7) is 1.16. The molecule has 0 aliphatic rings. The molecule has 2 N–H and O–H groups in total. The van der Waals surface area contributed by atoms with Crippen molar-refractivity contribution in [1.82, 2.24) is 9.55 Å². The van der Waals surface area contributed by atoms with Crippen LogP contribution in [0.5, 0.6) is 5.88 Å². The molecule has 0 amide bonds. The van der Waals surface area contributed by atoms with E-state index in [1.807, 2.05) is 0 Å². The first-order valence-corrected chi connectivity index (χ1v) is 5.02. The van der Waals surface area contributed by atoms with Crippen LogP contribution >= 0.6 is 0 Å². The predicted octanol–water partition coefficient (Wildman–Crippen LogP) is 0.957. The van der Waals surface area contributed by atoms with Gasteiger partial charge in [0.2, 0.25) is 5.88 Å². The normalized spacial score (nSPS) is 10.7. The maximum Gasteiger partial charge on any atom is 0.335 e. The van der Waals surface area contributed by atoms with Gasteiger partial charge in [0.05, 0.1) is 5.56 Å². The molecule has 0 bridgehead atoms. The zero-order chi connectivity index (χ0) is 14.3. The van der Waals surface area contributed by atoms with Crippen LogP contribution in [0, 0.1) is 24.4 Å². The summed E-state index contributed by atoms with van der Waals surface area (Å²) >= 11 is 0. The largest absolute Gasteiger partial charge is 0.494 e. The number of hydrogen-bond acceptors (Lipinski definition) is 3. The molecule has 2 rings (SSSR count). The zero-order valence-corrected chi connectivity index (χ0v) is 9.50. The summed E-state index contributed by atoms with van der Waals surface area (Å²) in [7, 11) is 0. The molecule has 0 fully saturated rings. The van der Waals surface area contributed by atoms with Gasteiger partial charge in [-0.25, -0.2) is 22.5 Å². The molecule has 1 heterocycles. The molecule has 0 aliphatic carbocycles. The van der Waals surface area contributed by atoms with Crippen molar-refractivity contribution in [3.05, 3.63) is 56.0 Å². The van der Waals surface area contributed by atoms with Gasteiger partial charge in [-0.05, 0) is 6.92 Å². The van der Waals surface area contributed by atoms with Gasteiger partial charge in [0.1, 0.15) is 11.5 Å². The van der Waals surface area contributed by atoms with E-state index < -0.39 is 40.3 Å². The van der Waals surface area contributed by atoms with Crippen LogP contribution in [0.2, 0.25) is 0 Å². The van der Waals surface area contributed by atoms with Gasteiger partial charge in [0, 0.05) is 12.1 Å². The van der Waals surface area contributed by atoms with Gasteiger partial charge in [-0.3, -0.25) is 9.78 Å². The number of aromatic nitrogens is 2. The molecular weight excluding hydrogens is 265 g/mol. The summed E-state index contributed by atoms with van der Waals surface area (Å²) in [5.41, 5.74) is -3.40. The maximum absolute atomic E-state index is 13.5. The molecule has 0 radical (unpaired) electrons. The first kappa shape index (κ1) is 12.9. The number of rotatable bonds is 1. The van der Waals surface area contributed by atoms with Crippen LogP contribution in [0.3, 0.4) is 0 Å². The minimum Gasteiger partial charge on any atom is -0.494 e. The quantitative estimate of drug-likeness (QED) is 0.811. The Morgan fingerprint density at radius 1 is 1.16 bits per heavy atom. The molecule has 0 unspecified atom stereocenters. The van der Waals surface area contributed by atoms with Gasteiger partial charge in [0.25, 0.3) is 5.56 Å². The van der Waals surface area contributed by atoms with Gasteiger partial charge in [-0.1, -0.05) is 0 Å². The van der Waals surface area contributed by atoms with E-state index in [2.05, 4.69) is 0 Å². The third-order valence-corrected chi connectivity index (χ3v) is 2.52. The Bertz CT molecular complexity index is 757. The average Bonchev–Trinajstić information content (AvgIpc) is 2.29. The Kier molecular flexibility index (Phi) is 2.93. The highest BCUT2D eigenvalue weighted by atomic mass is 19.1. The van der Waals surface area contributed by atoms with Crippen LogP contribution in [0.15, 0.2) is 21.7 Å². The third kappa shape index (κ3) is 2.01. The van der Waals surface area contributed by atoms with Crippen molar-refractivity contribution >= 4 is 0 Å². The van der Waals surface area contributed by atoms with E-state index in [1.165, 1.54) is 0 Å². The number of nitrogens with one attached hydrogen (secondary N) is 1. The van der Waals surface area contributed by atoms with Crippen LogP contribution in [0.4, 0.5) is 13.2 Å². The Labute approximate surface area is 103 Å². The molecule has 0 aliphatic heterocycles. The summed E-state index contributed by atoms with van der Waals surface area (Å²) in [5, 5.41) is 9.65. The third-order valence-electron chi connectivity index (χ3n) is 2.52. The number of aromatic amines is 1. The lowest BCUT2D eigenvalue weighted by atomic mass is 10.2. The van der Waals surface area contributed by atoms with E-state index in [9.17, 15) is 27.9 Å². The van der Waals surface area contributed by atoms with Gasteiger partial charge in [-0.15, -0.1) is 0 Å². The first-order chi connectivity index (χ1) is 8.82. The Balaban J connectivity index is 2.92. The fourth-order valence-corrected chi connectivity index (χ4v) is 1.57. The van der Waals surface area contributed by atoms with Crippen molar-refractivity contribution in [3.63, 3.8) is 0 Å². The lowest BCUT2D eigenvalue weighted by Crippen LogP contribution is -2.31. The molecule has 1 aromatic heterocycles. The van der Waals surface area contributed by atoms with Gasteiger partial charge in [-0.2, -0.15) is 0 Å². The molecule has 0 spiro atoms. The summed E-state index contributed by atoms with van der Waals surface area (Å²) in [5.74, 6) is -4.87. The first-order valence-electron chi connectivity index (χ1n) is 5.02. The molecule has 0 atom stereocenters. The van der Waals surface area contributed by atoms with Crippen LogP contribution < -0.4 is 11.2 Å². The number of aromatic hydroxyl groups is 1. The number of nitrogens with zero attached hydrogens (tertiary/aromatic N) is 1. The standard InChI is InChI=1S/C11H7F3N2O3/c1-4-9(17)15-11(19)16(10(4)18)8-6(13)2-5(12)3-7(8)14/h2-3,18H,1H3,(H,15,17,19). The topological polar surface area (TPSA) is 75.1 Å². The van der Waals surface area contributed by atoms with Crippen molar-refractivity contribution in [2.75, 3.05) is 0 Å². The highest BCUT2D eigenvalue weighted by molar-refractivity contribution is 5.40. The van der Waals surface area contributed by atoms with Crippen molar-refractivity contribution in [3.8, 4) is 11.6 Å².